The molecule has 7 nitrogen and oxygen atoms in total. The zero-order valence-corrected chi connectivity index (χ0v) is 14.5. The van der Waals surface area contributed by atoms with E-state index in [2.05, 4.69) is 10.3 Å². The number of aromatic nitrogens is 1. The van der Waals surface area contributed by atoms with E-state index in [1.165, 1.54) is 13.1 Å². The lowest BCUT2D eigenvalue weighted by molar-refractivity contribution is -0.157. The average molecular weight is 336 g/mol. The third-order valence-corrected chi connectivity index (χ3v) is 3.76. The van der Waals surface area contributed by atoms with Crippen molar-refractivity contribution in [3.8, 4) is 0 Å². The molecule has 0 aliphatic carbocycles. The van der Waals surface area contributed by atoms with Crippen LogP contribution in [-0.2, 0) is 25.7 Å². The summed E-state index contributed by atoms with van der Waals surface area (Å²) in [4.78, 5) is 38.6. The molecule has 0 saturated heterocycles. The summed E-state index contributed by atoms with van der Waals surface area (Å²) in [7, 11) is 0. The summed E-state index contributed by atoms with van der Waals surface area (Å²) in [6, 6.07) is 3.14. The summed E-state index contributed by atoms with van der Waals surface area (Å²) in [6.07, 6.45) is 2.77. The molecule has 1 heterocycles. The maximum absolute atomic E-state index is 12.0. The fourth-order valence-corrected chi connectivity index (χ4v) is 1.78. The summed E-state index contributed by atoms with van der Waals surface area (Å²) in [6.45, 7) is 6.90. The molecule has 7 heteroatoms. The first kappa shape index (κ1) is 19.6. The van der Waals surface area contributed by atoms with E-state index in [0.29, 0.717) is 24.1 Å². The Morgan fingerprint density at radius 1 is 1.21 bits per heavy atom. The monoisotopic (exact) mass is 336 g/mol. The van der Waals surface area contributed by atoms with Gasteiger partial charge in [-0.2, -0.15) is 0 Å². The van der Waals surface area contributed by atoms with Gasteiger partial charge in [0.1, 0.15) is 18.8 Å². The average Bonchev–Trinajstić information content (AvgIpc) is 2.58. The van der Waals surface area contributed by atoms with Gasteiger partial charge in [0.15, 0.2) is 0 Å². The molecule has 0 radical (unpaired) electrons. The fraction of sp³-hybridized carbons (Fsp3) is 0.529. The number of nitrogens with zero attached hydrogens (tertiary/aromatic N) is 1. The van der Waals surface area contributed by atoms with Crippen LogP contribution < -0.4 is 5.32 Å². The molecule has 0 aromatic carbocycles. The van der Waals surface area contributed by atoms with Crippen molar-refractivity contribution in [2.75, 3.05) is 6.54 Å². The zero-order valence-electron chi connectivity index (χ0n) is 14.5. The second-order valence-electron chi connectivity index (χ2n) is 5.63. The molecule has 1 aromatic rings. The molecular weight excluding hydrogens is 312 g/mol. The highest BCUT2D eigenvalue weighted by molar-refractivity contribution is 5.95. The van der Waals surface area contributed by atoms with E-state index < -0.39 is 23.4 Å². The number of carbonyl (C=O) groups excluding carboxylic acids is 3. The van der Waals surface area contributed by atoms with Crippen LogP contribution in [0.25, 0.3) is 0 Å². The molecule has 1 aromatic heterocycles. The van der Waals surface area contributed by atoms with Crippen molar-refractivity contribution in [3.63, 3.8) is 0 Å². The molecule has 1 amide bonds. The molecule has 0 fully saturated rings. The number of carbonyl (C=O) groups is 3. The van der Waals surface area contributed by atoms with Gasteiger partial charge in [-0.15, -0.1) is 0 Å². The summed E-state index contributed by atoms with van der Waals surface area (Å²) < 4.78 is 10.2. The van der Waals surface area contributed by atoms with Crippen LogP contribution in [0.1, 0.15) is 56.6 Å². The Morgan fingerprint density at radius 3 is 2.38 bits per heavy atom. The summed E-state index contributed by atoms with van der Waals surface area (Å²) in [5, 5.41) is 2.50. The second kappa shape index (κ2) is 9.00. The number of nitrogens with one attached hydrogen (secondary N) is 1. The van der Waals surface area contributed by atoms with Crippen molar-refractivity contribution in [1.29, 1.82) is 0 Å². The van der Waals surface area contributed by atoms with Crippen molar-refractivity contribution in [2.45, 2.75) is 52.7 Å². The van der Waals surface area contributed by atoms with Crippen LogP contribution in [0.4, 0.5) is 0 Å². The topological polar surface area (TPSA) is 94.6 Å². The first-order valence-corrected chi connectivity index (χ1v) is 7.88. The number of ether oxygens (including phenoxy) is 2. The lowest BCUT2D eigenvalue weighted by Gasteiger charge is -2.26. The molecule has 1 N–H and O–H groups in total. The SMILES string of the molecule is CCC(C)(CC)OC(=O)CNC(=O)c1ccc(COC(C)=O)nc1. The van der Waals surface area contributed by atoms with E-state index in [1.54, 1.807) is 12.1 Å². The molecule has 0 atom stereocenters. The number of esters is 2. The van der Waals surface area contributed by atoms with E-state index in [4.69, 9.17) is 9.47 Å². The minimum atomic E-state index is -0.512. The van der Waals surface area contributed by atoms with Gasteiger partial charge in [0, 0.05) is 13.1 Å². The number of amides is 1. The first-order chi connectivity index (χ1) is 11.3. The third kappa shape index (κ3) is 6.36. The van der Waals surface area contributed by atoms with Crippen LogP contribution in [0.3, 0.4) is 0 Å². The molecule has 0 bridgehead atoms. The number of hydrogen-bond acceptors (Lipinski definition) is 6. The first-order valence-electron chi connectivity index (χ1n) is 7.88. The highest BCUT2D eigenvalue weighted by Crippen LogP contribution is 2.19. The van der Waals surface area contributed by atoms with Gasteiger partial charge in [0.2, 0.25) is 0 Å². The van der Waals surface area contributed by atoms with Gasteiger partial charge in [-0.1, -0.05) is 13.8 Å². The lowest BCUT2D eigenvalue weighted by Crippen LogP contribution is -2.37. The second-order valence-corrected chi connectivity index (χ2v) is 5.63. The van der Waals surface area contributed by atoms with Gasteiger partial charge in [0.05, 0.1) is 11.3 Å². The van der Waals surface area contributed by atoms with Crippen LogP contribution in [0.2, 0.25) is 0 Å². The minimum Gasteiger partial charge on any atom is -0.459 e. The van der Waals surface area contributed by atoms with Crippen molar-refractivity contribution >= 4 is 17.8 Å². The van der Waals surface area contributed by atoms with Crippen molar-refractivity contribution in [1.82, 2.24) is 10.3 Å². The largest absolute Gasteiger partial charge is 0.459 e. The standard InChI is InChI=1S/C17H24N2O5/c1-5-17(4,6-2)24-15(21)10-19-16(22)13-7-8-14(18-9-13)11-23-12(3)20/h7-9H,5-6,10-11H2,1-4H3,(H,19,22). The highest BCUT2D eigenvalue weighted by Gasteiger charge is 2.24. The Bertz CT molecular complexity index is 579. The Hall–Kier alpha value is -2.44. The minimum absolute atomic E-state index is 0.0518. The lowest BCUT2D eigenvalue weighted by atomic mass is 10.0. The maximum atomic E-state index is 12.0. The van der Waals surface area contributed by atoms with E-state index >= 15 is 0 Å². The quantitative estimate of drug-likeness (QED) is 0.730. The van der Waals surface area contributed by atoms with Crippen LogP contribution in [0, 0.1) is 0 Å². The van der Waals surface area contributed by atoms with Crippen molar-refractivity contribution in [3.05, 3.63) is 29.6 Å². The summed E-state index contributed by atoms with van der Waals surface area (Å²) in [5.41, 5.74) is 0.327. The molecule has 0 aliphatic rings. The Balaban J connectivity index is 2.50. The maximum Gasteiger partial charge on any atom is 0.325 e. The predicted octanol–water partition coefficient (Wildman–Crippen LogP) is 2.00. The van der Waals surface area contributed by atoms with E-state index in [9.17, 15) is 14.4 Å². The van der Waals surface area contributed by atoms with E-state index in [1.807, 2.05) is 20.8 Å². The van der Waals surface area contributed by atoms with Gasteiger partial charge in [-0.05, 0) is 31.9 Å². The number of rotatable bonds is 8. The molecule has 1 rings (SSSR count). The number of pyridine rings is 1. The van der Waals surface area contributed by atoms with Gasteiger partial charge < -0.3 is 14.8 Å². The Kier molecular flexibility index (Phi) is 7.35. The van der Waals surface area contributed by atoms with Crippen LogP contribution in [-0.4, -0.2) is 35.0 Å². The van der Waals surface area contributed by atoms with Gasteiger partial charge in [0.25, 0.3) is 5.91 Å². The predicted molar refractivity (Wildman–Crippen MR) is 87.1 cm³/mol. The van der Waals surface area contributed by atoms with Crippen molar-refractivity contribution < 1.29 is 23.9 Å². The van der Waals surface area contributed by atoms with Gasteiger partial charge in [-0.25, -0.2) is 0 Å². The Morgan fingerprint density at radius 2 is 1.88 bits per heavy atom. The van der Waals surface area contributed by atoms with Crippen LogP contribution in [0.5, 0.6) is 0 Å². The Labute approximate surface area is 141 Å². The van der Waals surface area contributed by atoms with Crippen LogP contribution in [0.15, 0.2) is 18.3 Å². The molecule has 0 unspecified atom stereocenters. The molecule has 132 valence electrons. The normalized spacial score (nSPS) is 10.8. The third-order valence-electron chi connectivity index (χ3n) is 3.76. The van der Waals surface area contributed by atoms with Crippen LogP contribution >= 0.6 is 0 Å². The fourth-order valence-electron chi connectivity index (χ4n) is 1.78. The molecule has 0 aliphatic heterocycles. The molecule has 0 saturated carbocycles. The summed E-state index contributed by atoms with van der Waals surface area (Å²) >= 11 is 0. The number of hydrogen-bond donors (Lipinski definition) is 1. The summed E-state index contributed by atoms with van der Waals surface area (Å²) in [5.74, 6) is -1.30. The van der Waals surface area contributed by atoms with E-state index in [-0.39, 0.29) is 13.2 Å². The molecular formula is C17H24N2O5. The highest BCUT2D eigenvalue weighted by atomic mass is 16.6. The zero-order chi connectivity index (χ0) is 18.2. The van der Waals surface area contributed by atoms with Crippen molar-refractivity contribution in [2.24, 2.45) is 0 Å². The van der Waals surface area contributed by atoms with Gasteiger partial charge in [-0.3, -0.25) is 19.4 Å². The van der Waals surface area contributed by atoms with E-state index in [0.717, 1.165) is 0 Å². The smallest absolute Gasteiger partial charge is 0.325 e. The molecule has 24 heavy (non-hydrogen) atoms. The van der Waals surface area contributed by atoms with Gasteiger partial charge >= 0.3 is 11.9 Å². The molecule has 0 spiro atoms.